The fourth-order valence-electron chi connectivity index (χ4n) is 1.40. The van der Waals surface area contributed by atoms with Gasteiger partial charge >= 0.3 is 5.97 Å². The molecule has 0 heterocycles. The summed E-state index contributed by atoms with van der Waals surface area (Å²) in [6, 6.07) is 6.85. The highest BCUT2D eigenvalue weighted by molar-refractivity contribution is 7.99. The summed E-state index contributed by atoms with van der Waals surface area (Å²) < 4.78 is 10.8. The van der Waals surface area contributed by atoms with Crippen LogP contribution in [-0.4, -0.2) is 36.3 Å². The molecule has 5 heteroatoms. The van der Waals surface area contributed by atoms with Crippen molar-refractivity contribution in [3.8, 4) is 0 Å². The fourth-order valence-corrected chi connectivity index (χ4v) is 2.31. The number of ether oxygens (including phenoxy) is 2. The molecule has 0 fully saturated rings. The minimum atomic E-state index is -0.913. The Labute approximate surface area is 111 Å². The van der Waals surface area contributed by atoms with Gasteiger partial charge in [-0.3, -0.25) is 0 Å². The number of hydrogen-bond donors (Lipinski definition) is 1. The first kappa shape index (κ1) is 15.0. The molecule has 0 aliphatic carbocycles. The van der Waals surface area contributed by atoms with Crippen LogP contribution in [0.3, 0.4) is 0 Å². The first-order valence-corrected chi connectivity index (χ1v) is 6.85. The second-order valence-corrected chi connectivity index (χ2v) is 4.58. The quantitative estimate of drug-likeness (QED) is 0.581. The Bertz CT molecular complexity index is 375. The van der Waals surface area contributed by atoms with Gasteiger partial charge in [0.1, 0.15) is 0 Å². The summed E-state index contributed by atoms with van der Waals surface area (Å²) in [6.07, 6.45) is -0.251. The van der Waals surface area contributed by atoms with Crippen molar-refractivity contribution in [3.63, 3.8) is 0 Å². The average Bonchev–Trinajstić information content (AvgIpc) is 2.37. The van der Waals surface area contributed by atoms with Crippen molar-refractivity contribution in [2.75, 3.05) is 19.0 Å². The molecule has 0 radical (unpaired) electrons. The van der Waals surface area contributed by atoms with E-state index < -0.39 is 5.97 Å². The molecule has 4 nitrogen and oxygen atoms in total. The zero-order valence-corrected chi connectivity index (χ0v) is 11.4. The number of carboxylic acid groups (broad SMARTS) is 1. The summed E-state index contributed by atoms with van der Waals surface area (Å²) in [5.74, 6) is -0.270. The topological polar surface area (TPSA) is 55.8 Å². The monoisotopic (exact) mass is 270 g/mol. The number of carbonyl (C=O) groups is 1. The molecule has 1 rings (SSSR count). The number of carboxylic acids is 1. The summed E-state index contributed by atoms with van der Waals surface area (Å²) >= 11 is 1.53. The smallest absolute Gasteiger partial charge is 0.335 e. The van der Waals surface area contributed by atoms with Gasteiger partial charge in [0.25, 0.3) is 0 Å². The molecule has 1 aromatic rings. The van der Waals surface area contributed by atoms with Crippen LogP contribution in [0.25, 0.3) is 0 Å². The van der Waals surface area contributed by atoms with E-state index in [-0.39, 0.29) is 6.29 Å². The molecule has 0 aliphatic heterocycles. The van der Waals surface area contributed by atoms with Crippen LogP contribution >= 0.6 is 11.8 Å². The van der Waals surface area contributed by atoms with Crippen molar-refractivity contribution in [1.82, 2.24) is 0 Å². The van der Waals surface area contributed by atoms with Gasteiger partial charge in [-0.25, -0.2) is 4.79 Å². The van der Waals surface area contributed by atoms with Gasteiger partial charge in [-0.1, -0.05) is 6.07 Å². The molecule has 0 saturated carbocycles. The minimum absolute atomic E-state index is 0.251. The number of thioether (sulfide) groups is 1. The Kier molecular flexibility index (Phi) is 6.78. The van der Waals surface area contributed by atoms with E-state index >= 15 is 0 Å². The van der Waals surface area contributed by atoms with Crippen LogP contribution < -0.4 is 0 Å². The lowest BCUT2D eigenvalue weighted by molar-refractivity contribution is -0.120. The van der Waals surface area contributed by atoms with Gasteiger partial charge in [0.05, 0.1) is 5.56 Å². The normalized spacial score (nSPS) is 10.8. The van der Waals surface area contributed by atoms with Crippen molar-refractivity contribution >= 4 is 17.7 Å². The van der Waals surface area contributed by atoms with Crippen LogP contribution in [0.5, 0.6) is 0 Å². The van der Waals surface area contributed by atoms with Gasteiger partial charge in [0.2, 0.25) is 0 Å². The third-order valence-electron chi connectivity index (χ3n) is 2.17. The van der Waals surface area contributed by atoms with E-state index in [9.17, 15) is 4.79 Å². The van der Waals surface area contributed by atoms with Crippen LogP contribution in [-0.2, 0) is 9.47 Å². The molecule has 100 valence electrons. The summed E-state index contributed by atoms with van der Waals surface area (Å²) in [6.45, 7) is 5.03. The highest BCUT2D eigenvalue weighted by Gasteiger charge is 2.09. The lowest BCUT2D eigenvalue weighted by Crippen LogP contribution is -2.19. The van der Waals surface area contributed by atoms with Crippen molar-refractivity contribution < 1.29 is 19.4 Å². The Morgan fingerprint density at radius 1 is 1.33 bits per heavy atom. The third-order valence-corrected chi connectivity index (χ3v) is 3.20. The SMILES string of the molecule is CCOC(CSc1cccc(C(=O)O)c1)OCC. The van der Waals surface area contributed by atoms with Crippen LogP contribution in [0.15, 0.2) is 29.2 Å². The predicted molar refractivity (Wildman–Crippen MR) is 71.2 cm³/mol. The lowest BCUT2D eigenvalue weighted by atomic mass is 10.2. The molecule has 0 spiro atoms. The van der Waals surface area contributed by atoms with E-state index in [1.54, 1.807) is 18.2 Å². The zero-order valence-electron chi connectivity index (χ0n) is 10.6. The number of hydrogen-bond acceptors (Lipinski definition) is 4. The van der Waals surface area contributed by atoms with E-state index in [0.29, 0.717) is 24.5 Å². The molecule has 0 atom stereocenters. The first-order valence-electron chi connectivity index (χ1n) is 5.86. The summed E-state index contributed by atoms with van der Waals surface area (Å²) in [4.78, 5) is 11.7. The second-order valence-electron chi connectivity index (χ2n) is 3.48. The molecule has 18 heavy (non-hydrogen) atoms. The molecule has 1 aromatic carbocycles. The van der Waals surface area contributed by atoms with Crippen LogP contribution in [0, 0.1) is 0 Å². The van der Waals surface area contributed by atoms with E-state index in [2.05, 4.69) is 0 Å². The van der Waals surface area contributed by atoms with Crippen molar-refractivity contribution in [2.24, 2.45) is 0 Å². The highest BCUT2D eigenvalue weighted by Crippen LogP contribution is 2.21. The Morgan fingerprint density at radius 2 is 2.00 bits per heavy atom. The molecule has 0 aromatic heterocycles. The number of rotatable bonds is 8. The summed E-state index contributed by atoms with van der Waals surface area (Å²) in [5.41, 5.74) is 0.296. The summed E-state index contributed by atoms with van der Waals surface area (Å²) in [7, 11) is 0. The Morgan fingerprint density at radius 3 is 2.56 bits per heavy atom. The summed E-state index contributed by atoms with van der Waals surface area (Å²) in [5, 5.41) is 8.90. The first-order chi connectivity index (χ1) is 8.67. The Balaban J connectivity index is 2.55. The minimum Gasteiger partial charge on any atom is -0.478 e. The van der Waals surface area contributed by atoms with Crippen molar-refractivity contribution in [2.45, 2.75) is 25.0 Å². The van der Waals surface area contributed by atoms with Gasteiger partial charge in [-0.15, -0.1) is 11.8 Å². The molecular weight excluding hydrogens is 252 g/mol. The van der Waals surface area contributed by atoms with E-state index in [1.165, 1.54) is 11.8 Å². The number of aromatic carboxylic acids is 1. The van der Waals surface area contributed by atoms with Gasteiger partial charge in [-0.05, 0) is 32.0 Å². The van der Waals surface area contributed by atoms with Gasteiger partial charge in [0, 0.05) is 23.9 Å². The standard InChI is InChI=1S/C13H18O4S/c1-3-16-12(17-4-2)9-18-11-7-5-6-10(8-11)13(14)15/h5-8,12H,3-4,9H2,1-2H3,(H,14,15). The van der Waals surface area contributed by atoms with E-state index in [1.807, 2.05) is 19.9 Å². The fraction of sp³-hybridized carbons (Fsp3) is 0.462. The predicted octanol–water partition coefficient (Wildman–Crippen LogP) is 2.88. The van der Waals surface area contributed by atoms with Gasteiger partial charge in [-0.2, -0.15) is 0 Å². The lowest BCUT2D eigenvalue weighted by Gasteiger charge is -2.16. The maximum atomic E-state index is 10.8. The van der Waals surface area contributed by atoms with Crippen LogP contribution in [0.2, 0.25) is 0 Å². The molecule has 1 N–H and O–H groups in total. The van der Waals surface area contributed by atoms with Gasteiger partial charge in [0.15, 0.2) is 6.29 Å². The molecular formula is C13H18O4S. The van der Waals surface area contributed by atoms with Crippen LogP contribution in [0.1, 0.15) is 24.2 Å². The van der Waals surface area contributed by atoms with E-state index in [0.717, 1.165) is 4.90 Å². The maximum absolute atomic E-state index is 10.8. The van der Waals surface area contributed by atoms with E-state index in [4.69, 9.17) is 14.6 Å². The largest absolute Gasteiger partial charge is 0.478 e. The highest BCUT2D eigenvalue weighted by atomic mass is 32.2. The van der Waals surface area contributed by atoms with Crippen molar-refractivity contribution in [3.05, 3.63) is 29.8 Å². The molecule has 0 bridgehead atoms. The zero-order chi connectivity index (χ0) is 13.4. The third kappa shape index (κ3) is 5.08. The van der Waals surface area contributed by atoms with Crippen LogP contribution in [0.4, 0.5) is 0 Å². The van der Waals surface area contributed by atoms with Crippen molar-refractivity contribution in [1.29, 1.82) is 0 Å². The molecule has 0 aliphatic rings. The molecule has 0 saturated heterocycles. The molecule has 0 amide bonds. The molecule has 0 unspecified atom stereocenters. The van der Waals surface area contributed by atoms with Gasteiger partial charge < -0.3 is 14.6 Å². The Hall–Kier alpha value is -1.04. The maximum Gasteiger partial charge on any atom is 0.335 e. The average molecular weight is 270 g/mol. The number of benzene rings is 1. The second kappa shape index (κ2) is 8.13.